The molecule has 43 valence electrons. The van der Waals surface area contributed by atoms with Gasteiger partial charge in [-0.2, -0.15) is 0 Å². The van der Waals surface area contributed by atoms with Crippen LogP contribution in [0.3, 0.4) is 0 Å². The van der Waals surface area contributed by atoms with Crippen molar-refractivity contribution in [2.75, 3.05) is 0 Å². The zero-order valence-corrected chi connectivity index (χ0v) is 4.72. The van der Waals surface area contributed by atoms with Crippen LogP contribution >= 0.6 is 0 Å². The Bertz CT molecular complexity index is 112. The second kappa shape index (κ2) is 2.11. The van der Waals surface area contributed by atoms with Crippen molar-refractivity contribution in [3.8, 4) is 0 Å². The van der Waals surface area contributed by atoms with Gasteiger partial charge in [-0.05, 0) is 13.0 Å². The Morgan fingerprint density at radius 1 is 1.75 bits per heavy atom. The summed E-state index contributed by atoms with van der Waals surface area (Å²) >= 11 is 0. The van der Waals surface area contributed by atoms with E-state index in [0.717, 1.165) is 0 Å². The molecular formula is C6H8NO. The molecule has 0 bridgehead atoms. The molecular weight excluding hydrogens is 102 g/mol. The van der Waals surface area contributed by atoms with Gasteiger partial charge in [-0.1, -0.05) is 6.08 Å². The van der Waals surface area contributed by atoms with Crippen molar-refractivity contribution in [2.45, 2.75) is 13.0 Å². The van der Waals surface area contributed by atoms with Crippen LogP contribution in [0.4, 0.5) is 0 Å². The van der Waals surface area contributed by atoms with Crippen LogP contribution in [0.1, 0.15) is 6.92 Å². The summed E-state index contributed by atoms with van der Waals surface area (Å²) in [5.74, 6) is 0. The molecule has 1 heterocycles. The summed E-state index contributed by atoms with van der Waals surface area (Å²) in [4.78, 5) is 0. The van der Waals surface area contributed by atoms with E-state index in [4.69, 9.17) is 0 Å². The predicted molar refractivity (Wildman–Crippen MR) is 30.7 cm³/mol. The lowest BCUT2D eigenvalue weighted by atomic mass is 10.2. The summed E-state index contributed by atoms with van der Waals surface area (Å²) in [5, 5.41) is 10.7. The number of rotatable bonds is 0. The fourth-order valence-corrected chi connectivity index (χ4v) is 0.571. The third-order valence-electron chi connectivity index (χ3n) is 1.14. The van der Waals surface area contributed by atoms with Gasteiger partial charge < -0.3 is 10.3 Å². The molecule has 1 rings (SSSR count). The zero-order chi connectivity index (χ0) is 5.98. The third kappa shape index (κ3) is 0.967. The highest BCUT2D eigenvalue weighted by molar-refractivity contribution is 5.02. The molecule has 0 aromatic heterocycles. The topological polar surface area (TPSA) is 27.5 Å². The highest BCUT2D eigenvalue weighted by Crippen LogP contribution is 1.84. The number of allylic oxidation sites excluding steroid dienone is 2. The minimum absolute atomic E-state index is 0.0417. The quantitative estimate of drug-likeness (QED) is 0.424. The van der Waals surface area contributed by atoms with Crippen molar-refractivity contribution in [3.63, 3.8) is 0 Å². The van der Waals surface area contributed by atoms with E-state index in [9.17, 15) is 5.21 Å². The van der Waals surface area contributed by atoms with Gasteiger partial charge in [-0.3, -0.25) is 0 Å². The molecule has 2 nitrogen and oxygen atoms in total. The van der Waals surface area contributed by atoms with Gasteiger partial charge in [0.15, 0.2) is 6.20 Å². The number of hydrogen-bond donors (Lipinski definition) is 1. The second-order valence-electron chi connectivity index (χ2n) is 1.85. The van der Waals surface area contributed by atoms with Gasteiger partial charge >= 0.3 is 0 Å². The molecule has 1 radical (unpaired) electrons. The molecule has 1 aliphatic rings. The molecule has 0 aromatic carbocycles. The standard InChI is InChI=1S/C6H8NO/c1-6-4-2-3-5-7(6)8/h2-4,6-7H,1H3. The largest absolute Gasteiger partial charge is 0.628 e. The van der Waals surface area contributed by atoms with E-state index in [1.165, 1.54) is 0 Å². The van der Waals surface area contributed by atoms with Gasteiger partial charge in [0.2, 0.25) is 0 Å². The molecule has 0 saturated carbocycles. The van der Waals surface area contributed by atoms with E-state index in [2.05, 4.69) is 6.20 Å². The van der Waals surface area contributed by atoms with Crippen LogP contribution in [0.2, 0.25) is 0 Å². The first-order valence-corrected chi connectivity index (χ1v) is 2.61. The van der Waals surface area contributed by atoms with Crippen LogP contribution in [-0.2, 0) is 0 Å². The summed E-state index contributed by atoms with van der Waals surface area (Å²) in [5.41, 5.74) is 0. The van der Waals surface area contributed by atoms with Gasteiger partial charge in [0.25, 0.3) is 0 Å². The molecule has 2 unspecified atom stereocenters. The van der Waals surface area contributed by atoms with Crippen molar-refractivity contribution in [1.82, 2.24) is 0 Å². The van der Waals surface area contributed by atoms with Crippen LogP contribution < -0.4 is 5.06 Å². The molecule has 2 atom stereocenters. The lowest BCUT2D eigenvalue weighted by Gasteiger charge is -2.22. The average molecular weight is 110 g/mol. The van der Waals surface area contributed by atoms with E-state index in [-0.39, 0.29) is 11.1 Å². The Kier molecular flexibility index (Phi) is 1.46. The molecule has 0 spiro atoms. The smallest absolute Gasteiger partial charge is 0.193 e. The summed E-state index contributed by atoms with van der Waals surface area (Å²) < 4.78 is 0. The fourth-order valence-electron chi connectivity index (χ4n) is 0.571. The molecule has 1 aliphatic heterocycles. The normalized spacial score (nSPS) is 35.8. The van der Waals surface area contributed by atoms with E-state index < -0.39 is 0 Å². The highest BCUT2D eigenvalue weighted by Gasteiger charge is 2.03. The van der Waals surface area contributed by atoms with Gasteiger partial charge in [-0.15, -0.1) is 0 Å². The molecule has 0 aromatic rings. The SMILES string of the molecule is CC1C=CC=[C][NH+]1[O-]. The van der Waals surface area contributed by atoms with Gasteiger partial charge in [-0.25, -0.2) is 0 Å². The number of hydrogen-bond acceptors (Lipinski definition) is 1. The van der Waals surface area contributed by atoms with Gasteiger partial charge in [0, 0.05) is 6.08 Å². The minimum Gasteiger partial charge on any atom is -0.628 e. The summed E-state index contributed by atoms with van der Waals surface area (Å²) in [6.45, 7) is 1.86. The van der Waals surface area contributed by atoms with E-state index in [0.29, 0.717) is 0 Å². The fraction of sp³-hybridized carbons (Fsp3) is 0.333. The van der Waals surface area contributed by atoms with Gasteiger partial charge in [0.05, 0.1) is 0 Å². The highest BCUT2D eigenvalue weighted by atomic mass is 16.5. The lowest BCUT2D eigenvalue weighted by molar-refractivity contribution is -0.824. The molecule has 0 amide bonds. The first kappa shape index (κ1) is 5.54. The molecule has 0 fully saturated rings. The van der Waals surface area contributed by atoms with Gasteiger partial charge in [0.1, 0.15) is 6.04 Å². The van der Waals surface area contributed by atoms with E-state index >= 15 is 0 Å². The first-order valence-electron chi connectivity index (χ1n) is 2.61. The minimum atomic E-state index is 0.0417. The van der Waals surface area contributed by atoms with Crippen molar-refractivity contribution in [1.29, 1.82) is 0 Å². The van der Waals surface area contributed by atoms with Crippen molar-refractivity contribution >= 4 is 0 Å². The van der Waals surface area contributed by atoms with Crippen LogP contribution in [0.5, 0.6) is 0 Å². The number of quaternary nitrogens is 1. The lowest BCUT2D eigenvalue weighted by Crippen LogP contribution is -3.06. The molecule has 2 heteroatoms. The monoisotopic (exact) mass is 110 g/mol. The van der Waals surface area contributed by atoms with Crippen LogP contribution in [0.15, 0.2) is 18.2 Å². The maximum absolute atomic E-state index is 10.6. The van der Waals surface area contributed by atoms with Crippen LogP contribution in [-0.4, -0.2) is 6.04 Å². The Labute approximate surface area is 48.7 Å². The Hall–Kier alpha value is -0.600. The Morgan fingerprint density at radius 2 is 2.50 bits per heavy atom. The molecule has 0 aliphatic carbocycles. The molecule has 1 N–H and O–H groups in total. The second-order valence-corrected chi connectivity index (χ2v) is 1.85. The summed E-state index contributed by atoms with van der Waals surface area (Å²) in [7, 11) is 0. The molecule has 8 heavy (non-hydrogen) atoms. The van der Waals surface area contributed by atoms with Crippen LogP contribution in [0, 0.1) is 11.4 Å². The van der Waals surface area contributed by atoms with Crippen molar-refractivity contribution in [2.24, 2.45) is 0 Å². The van der Waals surface area contributed by atoms with E-state index in [1.807, 2.05) is 19.1 Å². The predicted octanol–water partition coefficient (Wildman–Crippen LogP) is -0.356. The van der Waals surface area contributed by atoms with E-state index in [1.54, 1.807) is 6.08 Å². The Morgan fingerprint density at radius 3 is 2.88 bits per heavy atom. The third-order valence-corrected chi connectivity index (χ3v) is 1.14. The first-order chi connectivity index (χ1) is 3.80. The zero-order valence-electron chi connectivity index (χ0n) is 4.72. The Balaban J connectivity index is 2.59. The van der Waals surface area contributed by atoms with Crippen molar-refractivity contribution < 1.29 is 5.06 Å². The number of hydroxylamine groups is 2. The number of nitrogens with one attached hydrogen (secondary N) is 1. The summed E-state index contributed by atoms with van der Waals surface area (Å²) in [6.07, 6.45) is 7.92. The maximum Gasteiger partial charge on any atom is 0.193 e. The molecule has 0 saturated heterocycles. The summed E-state index contributed by atoms with van der Waals surface area (Å²) in [6, 6.07) is 0.0417. The van der Waals surface area contributed by atoms with Crippen molar-refractivity contribution in [3.05, 3.63) is 29.6 Å². The van der Waals surface area contributed by atoms with Crippen LogP contribution in [0.25, 0.3) is 0 Å². The average Bonchev–Trinajstić information content (AvgIpc) is 1.77. The maximum atomic E-state index is 10.6.